The fourth-order valence-electron chi connectivity index (χ4n) is 3.70. The molecule has 1 aromatic rings. The second-order valence-corrected chi connectivity index (χ2v) is 6.71. The Morgan fingerprint density at radius 1 is 1.28 bits per heavy atom. The van der Waals surface area contributed by atoms with Crippen LogP contribution in [0.2, 0.25) is 0 Å². The molecule has 6 nitrogen and oxygen atoms in total. The van der Waals surface area contributed by atoms with Gasteiger partial charge in [0.1, 0.15) is 6.04 Å². The van der Waals surface area contributed by atoms with Gasteiger partial charge in [-0.2, -0.15) is 0 Å². The van der Waals surface area contributed by atoms with Crippen LogP contribution < -0.4 is 5.32 Å². The van der Waals surface area contributed by atoms with Crippen molar-refractivity contribution < 1.29 is 19.1 Å². The summed E-state index contributed by atoms with van der Waals surface area (Å²) >= 11 is 0. The highest BCUT2D eigenvalue weighted by Gasteiger charge is 2.33. The van der Waals surface area contributed by atoms with Crippen molar-refractivity contribution in [2.45, 2.75) is 44.6 Å². The number of methoxy groups -OCH3 is 1. The number of anilines is 1. The van der Waals surface area contributed by atoms with E-state index in [-0.39, 0.29) is 30.1 Å². The van der Waals surface area contributed by atoms with Crippen molar-refractivity contribution in [2.24, 2.45) is 5.92 Å². The number of carbonyl (C=O) groups is 3. The van der Waals surface area contributed by atoms with Gasteiger partial charge in [-0.3, -0.25) is 9.59 Å². The van der Waals surface area contributed by atoms with Crippen molar-refractivity contribution in [3.05, 3.63) is 29.8 Å². The lowest BCUT2D eigenvalue weighted by atomic mass is 9.89. The number of rotatable bonds is 4. The number of esters is 1. The molecular weight excluding hydrogens is 320 g/mol. The monoisotopic (exact) mass is 344 g/mol. The SMILES string of the molecule is COC(=O)[C@H]1CCCCN1C(=O)CC[C@@H]1Cc2ccccc2NC1=O. The van der Waals surface area contributed by atoms with E-state index >= 15 is 0 Å². The molecule has 2 aliphatic heterocycles. The Bertz CT molecular complexity index is 673. The van der Waals surface area contributed by atoms with E-state index in [1.54, 1.807) is 4.90 Å². The van der Waals surface area contributed by atoms with Gasteiger partial charge in [-0.15, -0.1) is 0 Å². The molecule has 0 radical (unpaired) electrons. The number of nitrogens with zero attached hydrogens (tertiary/aromatic N) is 1. The van der Waals surface area contributed by atoms with Crippen molar-refractivity contribution in [3.63, 3.8) is 0 Å². The van der Waals surface area contributed by atoms with Crippen molar-refractivity contribution in [1.82, 2.24) is 4.90 Å². The highest BCUT2D eigenvalue weighted by atomic mass is 16.5. The first-order chi connectivity index (χ1) is 12.1. The summed E-state index contributed by atoms with van der Waals surface area (Å²) in [7, 11) is 1.35. The number of likely N-dealkylation sites (tertiary alicyclic amines) is 1. The van der Waals surface area contributed by atoms with Crippen LogP contribution in [-0.4, -0.2) is 42.4 Å². The van der Waals surface area contributed by atoms with Crippen LogP contribution in [0.4, 0.5) is 5.69 Å². The molecule has 1 saturated heterocycles. The molecule has 2 amide bonds. The molecular formula is C19H24N2O4. The number of hydrogen-bond donors (Lipinski definition) is 1. The zero-order chi connectivity index (χ0) is 17.8. The Labute approximate surface area is 147 Å². The van der Waals surface area contributed by atoms with Crippen molar-refractivity contribution >= 4 is 23.5 Å². The molecule has 0 saturated carbocycles. The molecule has 134 valence electrons. The summed E-state index contributed by atoms with van der Waals surface area (Å²) in [5.41, 5.74) is 1.96. The van der Waals surface area contributed by atoms with Crippen molar-refractivity contribution in [3.8, 4) is 0 Å². The van der Waals surface area contributed by atoms with Gasteiger partial charge in [-0.25, -0.2) is 4.79 Å². The van der Waals surface area contributed by atoms with Gasteiger partial charge in [-0.1, -0.05) is 18.2 Å². The molecule has 0 bridgehead atoms. The molecule has 0 aromatic heterocycles. The van der Waals surface area contributed by atoms with E-state index < -0.39 is 6.04 Å². The second-order valence-electron chi connectivity index (χ2n) is 6.71. The minimum Gasteiger partial charge on any atom is -0.467 e. The van der Waals surface area contributed by atoms with Gasteiger partial charge < -0.3 is 15.0 Å². The van der Waals surface area contributed by atoms with E-state index in [0.29, 0.717) is 25.8 Å². The van der Waals surface area contributed by atoms with Crippen LogP contribution in [0.15, 0.2) is 24.3 Å². The predicted molar refractivity (Wildman–Crippen MR) is 92.9 cm³/mol. The number of amides is 2. The number of hydrogen-bond acceptors (Lipinski definition) is 4. The molecule has 1 aromatic carbocycles. The normalized spacial score (nSPS) is 22.8. The smallest absolute Gasteiger partial charge is 0.328 e. The van der Waals surface area contributed by atoms with E-state index in [4.69, 9.17) is 4.74 Å². The molecule has 25 heavy (non-hydrogen) atoms. The number of fused-ring (bicyclic) bond motifs is 1. The summed E-state index contributed by atoms with van der Waals surface area (Å²) in [6.07, 6.45) is 3.88. The molecule has 1 fully saturated rings. The third-order valence-corrected chi connectivity index (χ3v) is 5.12. The Morgan fingerprint density at radius 2 is 2.08 bits per heavy atom. The van der Waals surface area contributed by atoms with Crippen LogP contribution in [0.5, 0.6) is 0 Å². The molecule has 0 aliphatic carbocycles. The average molecular weight is 344 g/mol. The minimum absolute atomic E-state index is 0.0327. The Balaban J connectivity index is 1.60. The molecule has 2 heterocycles. The maximum atomic E-state index is 12.6. The fourth-order valence-corrected chi connectivity index (χ4v) is 3.70. The Hall–Kier alpha value is -2.37. The van der Waals surface area contributed by atoms with Gasteiger partial charge in [-0.05, 0) is 43.7 Å². The zero-order valence-electron chi connectivity index (χ0n) is 14.5. The first-order valence-corrected chi connectivity index (χ1v) is 8.86. The summed E-state index contributed by atoms with van der Waals surface area (Å²) in [5, 5.41) is 2.91. The van der Waals surface area contributed by atoms with E-state index in [1.807, 2.05) is 24.3 Å². The number of benzene rings is 1. The highest BCUT2D eigenvalue weighted by molar-refractivity contribution is 5.96. The number of para-hydroxylation sites is 1. The third-order valence-electron chi connectivity index (χ3n) is 5.12. The van der Waals surface area contributed by atoms with Crippen molar-refractivity contribution in [1.29, 1.82) is 0 Å². The minimum atomic E-state index is -0.479. The van der Waals surface area contributed by atoms with Crippen LogP contribution in [0.1, 0.15) is 37.7 Å². The van der Waals surface area contributed by atoms with Crippen LogP contribution in [0, 0.1) is 5.92 Å². The number of carbonyl (C=O) groups excluding carboxylic acids is 3. The van der Waals surface area contributed by atoms with Gasteiger partial charge >= 0.3 is 5.97 Å². The summed E-state index contributed by atoms with van der Waals surface area (Å²) in [6, 6.07) is 7.26. The molecule has 2 aliphatic rings. The lowest BCUT2D eigenvalue weighted by molar-refractivity contribution is -0.154. The van der Waals surface area contributed by atoms with E-state index in [9.17, 15) is 14.4 Å². The van der Waals surface area contributed by atoms with Gasteiger partial charge in [0.2, 0.25) is 11.8 Å². The second kappa shape index (κ2) is 7.68. The van der Waals surface area contributed by atoms with E-state index in [1.165, 1.54) is 7.11 Å². The molecule has 0 unspecified atom stereocenters. The quantitative estimate of drug-likeness (QED) is 0.849. The summed E-state index contributed by atoms with van der Waals surface area (Å²) in [4.78, 5) is 38.4. The van der Waals surface area contributed by atoms with E-state index in [2.05, 4.69) is 5.32 Å². The van der Waals surface area contributed by atoms with Crippen LogP contribution >= 0.6 is 0 Å². The zero-order valence-corrected chi connectivity index (χ0v) is 14.5. The first-order valence-electron chi connectivity index (χ1n) is 8.86. The van der Waals surface area contributed by atoms with Crippen LogP contribution in [0.25, 0.3) is 0 Å². The van der Waals surface area contributed by atoms with Gasteiger partial charge in [0.15, 0.2) is 0 Å². The maximum Gasteiger partial charge on any atom is 0.328 e. The number of piperidine rings is 1. The van der Waals surface area contributed by atoms with Gasteiger partial charge in [0.25, 0.3) is 0 Å². The number of ether oxygens (including phenoxy) is 1. The molecule has 3 rings (SSSR count). The maximum absolute atomic E-state index is 12.6. The molecule has 1 N–H and O–H groups in total. The van der Waals surface area contributed by atoms with Gasteiger partial charge in [0, 0.05) is 24.6 Å². The van der Waals surface area contributed by atoms with E-state index in [0.717, 1.165) is 24.1 Å². The predicted octanol–water partition coefficient (Wildman–Crippen LogP) is 2.13. The van der Waals surface area contributed by atoms with Crippen molar-refractivity contribution in [2.75, 3.05) is 19.0 Å². The first kappa shape index (κ1) is 17.5. The van der Waals surface area contributed by atoms with Crippen LogP contribution in [-0.2, 0) is 25.5 Å². The number of nitrogens with one attached hydrogen (secondary N) is 1. The summed E-state index contributed by atoms with van der Waals surface area (Å²) in [5.74, 6) is -0.658. The lowest BCUT2D eigenvalue weighted by Gasteiger charge is -2.34. The van der Waals surface area contributed by atoms with Gasteiger partial charge in [0.05, 0.1) is 7.11 Å². The Morgan fingerprint density at radius 3 is 2.88 bits per heavy atom. The Kier molecular flexibility index (Phi) is 5.36. The molecule has 0 spiro atoms. The fraction of sp³-hybridized carbons (Fsp3) is 0.526. The summed E-state index contributed by atoms with van der Waals surface area (Å²) < 4.78 is 4.82. The molecule has 2 atom stereocenters. The third kappa shape index (κ3) is 3.83. The molecule has 6 heteroatoms. The summed E-state index contributed by atoms with van der Waals surface area (Å²) in [6.45, 7) is 0.582. The topological polar surface area (TPSA) is 75.7 Å². The van der Waals surface area contributed by atoms with Crippen LogP contribution in [0.3, 0.4) is 0 Å². The largest absolute Gasteiger partial charge is 0.467 e. The average Bonchev–Trinajstić information content (AvgIpc) is 2.65. The lowest BCUT2D eigenvalue weighted by Crippen LogP contribution is -2.48. The highest BCUT2D eigenvalue weighted by Crippen LogP contribution is 2.28. The standard InChI is InChI=1S/C19H24N2O4/c1-25-19(24)16-8-4-5-11-21(16)17(22)10-9-14-12-13-6-2-3-7-15(13)20-18(14)23/h2-3,6-7,14,16H,4-5,8-12H2,1H3,(H,20,23)/t14-,16-/m1/s1.